The second-order valence-corrected chi connectivity index (χ2v) is 5.24. The van der Waals surface area contributed by atoms with Gasteiger partial charge in [-0.3, -0.25) is 0 Å². The van der Waals surface area contributed by atoms with E-state index in [1.807, 2.05) is 6.33 Å². The van der Waals surface area contributed by atoms with Gasteiger partial charge in [0.2, 0.25) is 0 Å². The summed E-state index contributed by atoms with van der Waals surface area (Å²) in [5.41, 5.74) is 1.43. The average Bonchev–Trinajstić information content (AvgIpc) is 2.70. The van der Waals surface area contributed by atoms with Crippen LogP contribution in [0.25, 0.3) is 0 Å². The molecule has 1 aliphatic heterocycles. The zero-order valence-electron chi connectivity index (χ0n) is 11.2. The molecule has 2 heterocycles. The number of nitrogens with zero attached hydrogens (tertiary/aromatic N) is 2. The largest absolute Gasteiger partial charge is 0.334 e. The van der Waals surface area contributed by atoms with E-state index in [2.05, 4.69) is 34.9 Å². The van der Waals surface area contributed by atoms with E-state index in [1.54, 1.807) is 0 Å². The van der Waals surface area contributed by atoms with E-state index in [-0.39, 0.29) is 0 Å². The first-order valence-corrected chi connectivity index (χ1v) is 7.05. The van der Waals surface area contributed by atoms with Crippen molar-refractivity contribution in [3.8, 4) is 0 Å². The summed E-state index contributed by atoms with van der Waals surface area (Å²) in [7, 11) is 0. The molecule has 1 saturated heterocycles. The number of hydrogen-bond acceptors (Lipinski definition) is 2. The number of hydrogen-bond donors (Lipinski definition) is 1. The fourth-order valence-corrected chi connectivity index (χ4v) is 2.52. The van der Waals surface area contributed by atoms with Crippen molar-refractivity contribution in [1.29, 1.82) is 0 Å². The molecule has 96 valence electrons. The second kappa shape index (κ2) is 6.20. The highest BCUT2D eigenvalue weighted by Gasteiger charge is 2.22. The fraction of sp³-hybridized carbons (Fsp3) is 0.786. The number of imidazole rings is 1. The van der Waals surface area contributed by atoms with Crippen LogP contribution in [0.4, 0.5) is 0 Å². The van der Waals surface area contributed by atoms with Gasteiger partial charge in [0.1, 0.15) is 0 Å². The third kappa shape index (κ3) is 3.09. The van der Waals surface area contributed by atoms with Gasteiger partial charge in [-0.15, -0.1) is 0 Å². The molecule has 0 aromatic carbocycles. The molecular formula is C14H25N3. The van der Waals surface area contributed by atoms with Crippen LogP contribution in [0.3, 0.4) is 0 Å². The van der Waals surface area contributed by atoms with Crippen molar-refractivity contribution in [2.75, 3.05) is 13.1 Å². The summed E-state index contributed by atoms with van der Waals surface area (Å²) >= 11 is 0. The summed E-state index contributed by atoms with van der Waals surface area (Å²) in [6.45, 7) is 7.98. The van der Waals surface area contributed by atoms with Crippen molar-refractivity contribution in [2.24, 2.45) is 5.92 Å². The van der Waals surface area contributed by atoms with Gasteiger partial charge in [-0.05, 0) is 12.3 Å². The van der Waals surface area contributed by atoms with E-state index >= 15 is 0 Å². The number of aromatic nitrogens is 2. The molecule has 0 radical (unpaired) electrons. The van der Waals surface area contributed by atoms with E-state index in [0.29, 0.717) is 5.92 Å². The van der Waals surface area contributed by atoms with Crippen LogP contribution >= 0.6 is 0 Å². The van der Waals surface area contributed by atoms with E-state index in [0.717, 1.165) is 25.6 Å². The minimum absolute atomic E-state index is 0.696. The fourth-order valence-electron chi connectivity index (χ4n) is 2.52. The highest BCUT2D eigenvalue weighted by Crippen LogP contribution is 2.22. The highest BCUT2D eigenvalue weighted by molar-refractivity contribution is 5.11. The van der Waals surface area contributed by atoms with E-state index in [1.165, 1.54) is 31.4 Å². The van der Waals surface area contributed by atoms with Crippen LogP contribution in [0, 0.1) is 5.92 Å². The molecule has 1 aliphatic rings. The Kier molecular flexibility index (Phi) is 4.60. The van der Waals surface area contributed by atoms with Gasteiger partial charge in [0.25, 0.3) is 0 Å². The lowest BCUT2D eigenvalue weighted by Gasteiger charge is -2.28. The smallest absolute Gasteiger partial charge is 0.0948 e. The van der Waals surface area contributed by atoms with Gasteiger partial charge in [-0.2, -0.15) is 0 Å². The summed E-state index contributed by atoms with van der Waals surface area (Å²) in [5, 5.41) is 3.34. The van der Waals surface area contributed by atoms with Crippen LogP contribution in [-0.4, -0.2) is 22.6 Å². The third-order valence-electron chi connectivity index (χ3n) is 3.94. The maximum atomic E-state index is 4.33. The Bertz CT molecular complexity index is 328. The summed E-state index contributed by atoms with van der Waals surface area (Å²) in [6, 6.07) is 0. The Balaban J connectivity index is 1.94. The van der Waals surface area contributed by atoms with Crippen LogP contribution in [0.2, 0.25) is 0 Å². The zero-order chi connectivity index (χ0) is 12.1. The lowest BCUT2D eigenvalue weighted by Crippen LogP contribution is -2.41. The predicted octanol–water partition coefficient (Wildman–Crippen LogP) is 2.79. The zero-order valence-corrected chi connectivity index (χ0v) is 11.2. The molecule has 1 N–H and O–H groups in total. The molecule has 1 atom stereocenters. The lowest BCUT2D eigenvalue weighted by molar-refractivity contribution is 0.364. The number of rotatable bonds is 7. The first kappa shape index (κ1) is 12.6. The van der Waals surface area contributed by atoms with Crippen molar-refractivity contribution in [2.45, 2.75) is 52.0 Å². The van der Waals surface area contributed by atoms with Crippen molar-refractivity contribution in [3.05, 3.63) is 18.2 Å². The molecule has 1 fully saturated rings. The van der Waals surface area contributed by atoms with E-state index < -0.39 is 0 Å². The Labute approximate surface area is 105 Å². The SMILES string of the molecule is CCCCC(CC)Cn1cncc1C1CNC1. The summed E-state index contributed by atoms with van der Waals surface area (Å²) < 4.78 is 2.38. The van der Waals surface area contributed by atoms with Gasteiger partial charge in [0.15, 0.2) is 0 Å². The van der Waals surface area contributed by atoms with E-state index in [9.17, 15) is 0 Å². The molecular weight excluding hydrogens is 210 g/mol. The van der Waals surface area contributed by atoms with Crippen LogP contribution in [0.1, 0.15) is 51.1 Å². The van der Waals surface area contributed by atoms with Crippen molar-refractivity contribution < 1.29 is 0 Å². The monoisotopic (exact) mass is 235 g/mol. The van der Waals surface area contributed by atoms with Crippen molar-refractivity contribution in [3.63, 3.8) is 0 Å². The maximum Gasteiger partial charge on any atom is 0.0948 e. The summed E-state index contributed by atoms with van der Waals surface area (Å²) in [4.78, 5) is 4.33. The minimum atomic E-state index is 0.696. The second-order valence-electron chi connectivity index (χ2n) is 5.24. The number of nitrogens with one attached hydrogen (secondary N) is 1. The molecule has 0 aliphatic carbocycles. The Hall–Kier alpha value is -0.830. The molecule has 3 nitrogen and oxygen atoms in total. The van der Waals surface area contributed by atoms with Crippen LogP contribution in [0.15, 0.2) is 12.5 Å². The van der Waals surface area contributed by atoms with Gasteiger partial charge in [0, 0.05) is 37.4 Å². The number of unbranched alkanes of at least 4 members (excludes halogenated alkanes) is 1. The Morgan fingerprint density at radius 3 is 2.88 bits per heavy atom. The first-order valence-electron chi connectivity index (χ1n) is 7.05. The van der Waals surface area contributed by atoms with Crippen molar-refractivity contribution >= 4 is 0 Å². The summed E-state index contributed by atoms with van der Waals surface area (Å²) in [6.07, 6.45) is 9.36. The minimum Gasteiger partial charge on any atom is -0.334 e. The van der Waals surface area contributed by atoms with Gasteiger partial charge in [0.05, 0.1) is 6.33 Å². The van der Waals surface area contributed by atoms with Gasteiger partial charge < -0.3 is 9.88 Å². The van der Waals surface area contributed by atoms with Gasteiger partial charge >= 0.3 is 0 Å². The van der Waals surface area contributed by atoms with Gasteiger partial charge in [-0.1, -0.05) is 33.1 Å². The Morgan fingerprint density at radius 1 is 1.47 bits per heavy atom. The molecule has 2 rings (SSSR count). The molecule has 0 bridgehead atoms. The topological polar surface area (TPSA) is 29.9 Å². The normalized spacial score (nSPS) is 18.0. The summed E-state index contributed by atoms with van der Waals surface area (Å²) in [5.74, 6) is 1.51. The molecule has 1 aromatic heterocycles. The molecule has 0 amide bonds. The van der Waals surface area contributed by atoms with Crippen LogP contribution < -0.4 is 5.32 Å². The third-order valence-corrected chi connectivity index (χ3v) is 3.94. The van der Waals surface area contributed by atoms with E-state index in [4.69, 9.17) is 0 Å². The van der Waals surface area contributed by atoms with Gasteiger partial charge in [-0.25, -0.2) is 4.98 Å². The van der Waals surface area contributed by atoms with Crippen LogP contribution in [-0.2, 0) is 6.54 Å². The molecule has 0 spiro atoms. The maximum absolute atomic E-state index is 4.33. The average molecular weight is 235 g/mol. The Morgan fingerprint density at radius 2 is 2.29 bits per heavy atom. The highest BCUT2D eigenvalue weighted by atomic mass is 15.1. The van der Waals surface area contributed by atoms with Crippen molar-refractivity contribution in [1.82, 2.24) is 14.9 Å². The molecule has 1 aromatic rings. The van der Waals surface area contributed by atoms with Crippen LogP contribution in [0.5, 0.6) is 0 Å². The lowest BCUT2D eigenvalue weighted by atomic mass is 9.97. The molecule has 3 heteroatoms. The predicted molar refractivity (Wildman–Crippen MR) is 71.1 cm³/mol. The molecule has 17 heavy (non-hydrogen) atoms. The standard InChI is InChI=1S/C14H25N3/c1-3-5-6-12(4-2)10-17-11-16-9-14(17)13-7-15-8-13/h9,11-13,15H,3-8,10H2,1-2H3. The quantitative estimate of drug-likeness (QED) is 0.787. The molecule has 0 saturated carbocycles. The first-order chi connectivity index (χ1) is 8.35. The molecule has 1 unspecified atom stereocenters.